The first kappa shape index (κ1) is 13.3. The van der Waals surface area contributed by atoms with Gasteiger partial charge in [-0.1, -0.05) is 18.2 Å². The number of ketones is 1. The molecule has 6 heteroatoms. The summed E-state index contributed by atoms with van der Waals surface area (Å²) in [5, 5.41) is 0. The van der Waals surface area contributed by atoms with Crippen molar-refractivity contribution in [3.63, 3.8) is 0 Å². The van der Waals surface area contributed by atoms with Crippen LogP contribution in [0.15, 0.2) is 36.7 Å². The van der Waals surface area contributed by atoms with Gasteiger partial charge < -0.3 is 4.57 Å². The van der Waals surface area contributed by atoms with Gasteiger partial charge >= 0.3 is 6.18 Å². The Morgan fingerprint density at radius 2 is 2.00 bits per heavy atom. The van der Waals surface area contributed by atoms with Gasteiger partial charge in [-0.3, -0.25) is 4.79 Å². The molecule has 0 spiro atoms. The quantitative estimate of drug-likeness (QED) is 0.801. The van der Waals surface area contributed by atoms with Crippen LogP contribution >= 0.6 is 0 Å². The van der Waals surface area contributed by atoms with Crippen LogP contribution < -0.4 is 0 Å². The minimum Gasteiger partial charge on any atom is -0.328 e. The fraction of sp³-hybridized carbons (Fsp3) is 0.231. The van der Waals surface area contributed by atoms with Crippen LogP contribution in [0.2, 0.25) is 0 Å². The maximum absolute atomic E-state index is 12.9. The highest BCUT2D eigenvalue weighted by Gasteiger charge is 2.35. The van der Waals surface area contributed by atoms with E-state index >= 15 is 0 Å². The Morgan fingerprint density at radius 1 is 1.32 bits per heavy atom. The monoisotopic (exact) mass is 268 g/mol. The van der Waals surface area contributed by atoms with Crippen LogP contribution in [-0.4, -0.2) is 15.3 Å². The summed E-state index contributed by atoms with van der Waals surface area (Å²) in [6, 6.07) is 4.72. The second kappa shape index (κ2) is 4.87. The third-order valence-corrected chi connectivity index (χ3v) is 2.74. The summed E-state index contributed by atoms with van der Waals surface area (Å²) in [4.78, 5) is 16.0. The second-order valence-corrected chi connectivity index (χ2v) is 3.91. The molecular formula is C13H11F3N2O. The number of nitrogens with zero attached hydrogens (tertiary/aromatic N) is 2. The average molecular weight is 268 g/mol. The number of rotatable bonds is 3. The van der Waals surface area contributed by atoms with Gasteiger partial charge in [0.2, 0.25) is 5.78 Å². The lowest BCUT2D eigenvalue weighted by molar-refractivity contribution is -0.137. The Balaban J connectivity index is 2.51. The van der Waals surface area contributed by atoms with E-state index in [1.165, 1.54) is 29.0 Å². The van der Waals surface area contributed by atoms with E-state index in [2.05, 4.69) is 4.98 Å². The first-order chi connectivity index (χ1) is 8.95. The van der Waals surface area contributed by atoms with Crippen molar-refractivity contribution in [3.8, 4) is 0 Å². The van der Waals surface area contributed by atoms with E-state index in [0.717, 1.165) is 6.07 Å². The van der Waals surface area contributed by atoms with Crippen LogP contribution in [0.25, 0.3) is 0 Å². The predicted molar refractivity (Wildman–Crippen MR) is 62.8 cm³/mol. The summed E-state index contributed by atoms with van der Waals surface area (Å²) in [5.41, 5.74) is -1.32. The number of benzene rings is 1. The van der Waals surface area contributed by atoms with Gasteiger partial charge in [0, 0.05) is 24.5 Å². The molecule has 0 saturated carbocycles. The molecule has 0 amide bonds. The van der Waals surface area contributed by atoms with Crippen molar-refractivity contribution < 1.29 is 18.0 Å². The van der Waals surface area contributed by atoms with Crippen LogP contribution in [0, 0.1) is 0 Å². The highest BCUT2D eigenvalue weighted by atomic mass is 19.4. The Kier molecular flexibility index (Phi) is 3.42. The number of imidazole rings is 1. The molecule has 1 aromatic heterocycles. The van der Waals surface area contributed by atoms with Crippen molar-refractivity contribution in [2.75, 3.05) is 0 Å². The zero-order valence-corrected chi connectivity index (χ0v) is 10.1. The summed E-state index contributed by atoms with van der Waals surface area (Å²) in [5.74, 6) is -0.709. The van der Waals surface area contributed by atoms with E-state index in [1.54, 1.807) is 13.1 Å². The van der Waals surface area contributed by atoms with Crippen molar-refractivity contribution in [2.45, 2.75) is 19.6 Å². The SMILES string of the molecule is CCn1ccnc1C(=O)c1ccccc1C(F)(F)F. The fourth-order valence-corrected chi connectivity index (χ4v) is 1.82. The zero-order chi connectivity index (χ0) is 14.0. The third kappa shape index (κ3) is 2.52. The minimum atomic E-state index is -4.56. The highest BCUT2D eigenvalue weighted by Crippen LogP contribution is 2.32. The topological polar surface area (TPSA) is 34.9 Å². The summed E-state index contributed by atoms with van der Waals surface area (Å²) < 4.78 is 40.1. The highest BCUT2D eigenvalue weighted by molar-refractivity contribution is 6.07. The molecule has 0 saturated heterocycles. The summed E-state index contributed by atoms with van der Waals surface area (Å²) >= 11 is 0. The van der Waals surface area contributed by atoms with Crippen molar-refractivity contribution in [1.82, 2.24) is 9.55 Å². The van der Waals surface area contributed by atoms with E-state index in [-0.39, 0.29) is 11.4 Å². The molecule has 0 bridgehead atoms. The molecule has 0 radical (unpaired) electrons. The lowest BCUT2D eigenvalue weighted by Crippen LogP contribution is -2.16. The number of carbonyl (C=O) groups is 1. The maximum atomic E-state index is 12.9. The molecule has 2 aromatic rings. The first-order valence-electron chi connectivity index (χ1n) is 5.67. The number of hydrogen-bond donors (Lipinski definition) is 0. The maximum Gasteiger partial charge on any atom is 0.417 e. The molecule has 100 valence electrons. The molecule has 0 aliphatic heterocycles. The molecular weight excluding hydrogens is 257 g/mol. The molecule has 2 rings (SSSR count). The van der Waals surface area contributed by atoms with Gasteiger partial charge in [0.1, 0.15) is 0 Å². The molecule has 1 heterocycles. The van der Waals surface area contributed by atoms with Gasteiger partial charge in [-0.15, -0.1) is 0 Å². The predicted octanol–water partition coefficient (Wildman–Crippen LogP) is 3.15. The number of halogens is 3. The van der Waals surface area contributed by atoms with Crippen LogP contribution in [0.5, 0.6) is 0 Å². The Morgan fingerprint density at radius 3 is 2.63 bits per heavy atom. The lowest BCUT2D eigenvalue weighted by atomic mass is 10.0. The van der Waals surface area contributed by atoms with Crippen molar-refractivity contribution in [1.29, 1.82) is 0 Å². The van der Waals surface area contributed by atoms with Gasteiger partial charge in [0.05, 0.1) is 5.56 Å². The average Bonchev–Trinajstić information content (AvgIpc) is 2.85. The molecule has 3 nitrogen and oxygen atoms in total. The van der Waals surface area contributed by atoms with Crippen LogP contribution in [0.4, 0.5) is 13.2 Å². The Labute approximate surface area is 107 Å². The van der Waals surface area contributed by atoms with Gasteiger partial charge in [-0.05, 0) is 13.0 Å². The Hall–Kier alpha value is -2.11. The van der Waals surface area contributed by atoms with Crippen molar-refractivity contribution in [2.24, 2.45) is 0 Å². The fourth-order valence-electron chi connectivity index (χ4n) is 1.82. The van der Waals surface area contributed by atoms with E-state index in [1.807, 2.05) is 0 Å². The third-order valence-electron chi connectivity index (χ3n) is 2.74. The van der Waals surface area contributed by atoms with Crippen LogP contribution in [0.3, 0.4) is 0 Å². The van der Waals surface area contributed by atoms with Gasteiger partial charge in [0.15, 0.2) is 5.82 Å². The number of aromatic nitrogens is 2. The van der Waals surface area contributed by atoms with E-state index in [4.69, 9.17) is 0 Å². The van der Waals surface area contributed by atoms with Gasteiger partial charge in [-0.25, -0.2) is 4.98 Å². The molecule has 0 aliphatic carbocycles. The number of hydrogen-bond acceptors (Lipinski definition) is 2. The number of aryl methyl sites for hydroxylation is 1. The normalized spacial score (nSPS) is 11.6. The van der Waals surface area contributed by atoms with Gasteiger partial charge in [-0.2, -0.15) is 13.2 Å². The van der Waals surface area contributed by atoms with E-state index in [9.17, 15) is 18.0 Å². The Bertz CT molecular complexity index is 602. The molecule has 0 unspecified atom stereocenters. The number of alkyl halides is 3. The van der Waals surface area contributed by atoms with Crippen LogP contribution in [-0.2, 0) is 12.7 Å². The molecule has 0 atom stereocenters. The number of carbonyl (C=O) groups excluding carboxylic acids is 1. The summed E-state index contributed by atoms with van der Waals surface area (Å²) in [6.45, 7) is 2.25. The van der Waals surface area contributed by atoms with E-state index < -0.39 is 17.5 Å². The zero-order valence-electron chi connectivity index (χ0n) is 10.1. The molecule has 0 fully saturated rings. The largest absolute Gasteiger partial charge is 0.417 e. The van der Waals surface area contributed by atoms with Crippen molar-refractivity contribution >= 4 is 5.78 Å². The second-order valence-electron chi connectivity index (χ2n) is 3.91. The smallest absolute Gasteiger partial charge is 0.328 e. The molecule has 19 heavy (non-hydrogen) atoms. The standard InChI is InChI=1S/C13H11F3N2O/c1-2-18-8-7-17-12(18)11(19)9-5-3-4-6-10(9)13(14,15)16/h3-8H,2H2,1H3. The molecule has 1 aromatic carbocycles. The van der Waals surface area contributed by atoms with Crippen LogP contribution in [0.1, 0.15) is 28.7 Å². The minimum absolute atomic E-state index is 0.0131. The summed E-state index contributed by atoms with van der Waals surface area (Å²) in [7, 11) is 0. The lowest BCUT2D eigenvalue weighted by Gasteiger charge is -2.11. The van der Waals surface area contributed by atoms with E-state index in [0.29, 0.717) is 6.54 Å². The summed E-state index contributed by atoms with van der Waals surface area (Å²) in [6.07, 6.45) is -1.60. The molecule has 0 aliphatic rings. The molecule has 0 N–H and O–H groups in total. The van der Waals surface area contributed by atoms with Gasteiger partial charge in [0.25, 0.3) is 0 Å². The first-order valence-corrected chi connectivity index (χ1v) is 5.67. The van der Waals surface area contributed by atoms with Crippen molar-refractivity contribution in [3.05, 3.63) is 53.6 Å².